The third-order valence-corrected chi connectivity index (χ3v) is 5.18. The highest BCUT2D eigenvalue weighted by Crippen LogP contribution is 2.34. The molecule has 1 N–H and O–H groups in total. The Morgan fingerprint density at radius 3 is 2.83 bits per heavy atom. The van der Waals surface area contributed by atoms with Crippen molar-refractivity contribution in [3.8, 4) is 0 Å². The maximum Gasteiger partial charge on any atom is 0.0848 e. The van der Waals surface area contributed by atoms with Crippen LogP contribution in [0.5, 0.6) is 0 Å². The molecule has 0 unspecified atom stereocenters. The van der Waals surface area contributed by atoms with E-state index in [0.717, 1.165) is 51.6 Å². The zero-order valence-electron chi connectivity index (χ0n) is 14.7. The second kappa shape index (κ2) is 8.69. The summed E-state index contributed by atoms with van der Waals surface area (Å²) in [6.07, 6.45) is 8.86. The van der Waals surface area contributed by atoms with Crippen molar-refractivity contribution in [2.24, 2.45) is 4.99 Å². The summed E-state index contributed by atoms with van der Waals surface area (Å²) < 4.78 is 0. The Bertz CT molecular complexity index is 712. The number of aliphatic imine (C=N–C) groups is 1. The van der Waals surface area contributed by atoms with E-state index in [2.05, 4.69) is 29.5 Å². The number of allylic oxidation sites excluding steroid dienone is 4. The largest absolute Gasteiger partial charge is 0.390 e. The summed E-state index contributed by atoms with van der Waals surface area (Å²) in [6.45, 7) is 12.4. The van der Waals surface area contributed by atoms with E-state index in [1.807, 2.05) is 39.2 Å². The minimum absolute atomic E-state index is 0.969. The maximum atomic E-state index is 4.88. The van der Waals surface area contributed by atoms with E-state index in [1.165, 1.54) is 5.70 Å². The molecule has 0 bridgehead atoms. The van der Waals surface area contributed by atoms with Crippen molar-refractivity contribution in [2.45, 2.75) is 33.1 Å². The van der Waals surface area contributed by atoms with Gasteiger partial charge in [-0.2, -0.15) is 0 Å². The maximum absolute atomic E-state index is 4.88. The topological polar surface area (TPSA) is 37.3 Å². The van der Waals surface area contributed by atoms with Gasteiger partial charge in [0.2, 0.25) is 0 Å². The number of pyridine rings is 1. The first-order valence-electron chi connectivity index (χ1n) is 8.15. The van der Waals surface area contributed by atoms with Gasteiger partial charge in [0.15, 0.2) is 0 Å². The molecule has 126 valence electrons. The zero-order chi connectivity index (χ0) is 17.5. The summed E-state index contributed by atoms with van der Waals surface area (Å²) in [5.41, 5.74) is 5.31. The first kappa shape index (κ1) is 18.3. The summed E-state index contributed by atoms with van der Waals surface area (Å²) in [4.78, 5) is 11.1. The molecule has 1 aromatic heterocycles. The molecule has 0 radical (unpaired) electrons. The highest BCUT2D eigenvalue weighted by Gasteiger charge is 2.16. The predicted molar refractivity (Wildman–Crippen MR) is 107 cm³/mol. The lowest BCUT2D eigenvalue weighted by atomic mass is 9.97. The van der Waals surface area contributed by atoms with Crippen LogP contribution in [0.25, 0.3) is 4.91 Å². The van der Waals surface area contributed by atoms with Crippen LogP contribution in [0.2, 0.25) is 0 Å². The summed E-state index contributed by atoms with van der Waals surface area (Å²) in [5.74, 6) is 0. The molecule has 4 heteroatoms. The minimum Gasteiger partial charge on any atom is -0.390 e. The Morgan fingerprint density at radius 2 is 2.21 bits per heavy atom. The average molecular weight is 340 g/mol. The van der Waals surface area contributed by atoms with Crippen molar-refractivity contribution in [2.75, 3.05) is 7.05 Å². The van der Waals surface area contributed by atoms with Crippen LogP contribution >= 0.6 is 11.8 Å². The molecule has 0 spiro atoms. The van der Waals surface area contributed by atoms with Crippen molar-refractivity contribution in [1.82, 2.24) is 10.3 Å². The second-order valence-electron chi connectivity index (χ2n) is 5.65. The molecule has 0 fully saturated rings. The van der Waals surface area contributed by atoms with Crippen molar-refractivity contribution < 1.29 is 0 Å². The molecule has 24 heavy (non-hydrogen) atoms. The molecule has 2 rings (SSSR count). The minimum atomic E-state index is 0.969. The monoisotopic (exact) mass is 339 g/mol. The van der Waals surface area contributed by atoms with Gasteiger partial charge in [-0.15, -0.1) is 0 Å². The van der Waals surface area contributed by atoms with Gasteiger partial charge in [0.1, 0.15) is 0 Å². The van der Waals surface area contributed by atoms with Crippen molar-refractivity contribution in [3.63, 3.8) is 0 Å². The van der Waals surface area contributed by atoms with Crippen LogP contribution in [-0.4, -0.2) is 17.7 Å². The number of rotatable bonds is 6. The van der Waals surface area contributed by atoms with E-state index in [9.17, 15) is 0 Å². The van der Waals surface area contributed by atoms with Crippen LogP contribution in [0.1, 0.15) is 38.7 Å². The Hall–Kier alpha value is -2.07. The summed E-state index contributed by atoms with van der Waals surface area (Å²) in [5, 5.41) is 3.27. The normalized spacial score (nSPS) is 16.4. The molecule has 0 amide bonds. The van der Waals surface area contributed by atoms with Crippen LogP contribution in [0.4, 0.5) is 0 Å². The fourth-order valence-electron chi connectivity index (χ4n) is 2.60. The molecule has 0 aliphatic heterocycles. The molecule has 0 aromatic carbocycles. The first-order valence-corrected chi connectivity index (χ1v) is 8.96. The number of aromatic nitrogens is 1. The third-order valence-electron chi connectivity index (χ3n) is 3.94. The second-order valence-corrected chi connectivity index (χ2v) is 6.79. The van der Waals surface area contributed by atoms with Gasteiger partial charge in [0, 0.05) is 40.5 Å². The third kappa shape index (κ3) is 4.48. The average Bonchev–Trinajstić information content (AvgIpc) is 2.61. The highest BCUT2D eigenvalue weighted by molar-refractivity contribution is 8.12. The Morgan fingerprint density at radius 1 is 1.42 bits per heavy atom. The van der Waals surface area contributed by atoms with Gasteiger partial charge >= 0.3 is 0 Å². The molecule has 1 aliphatic rings. The molecule has 1 aromatic rings. The van der Waals surface area contributed by atoms with Crippen LogP contribution < -0.4 is 5.32 Å². The molecule has 0 atom stereocenters. The van der Waals surface area contributed by atoms with Crippen molar-refractivity contribution in [3.05, 3.63) is 71.2 Å². The Kier molecular flexibility index (Phi) is 6.62. The van der Waals surface area contributed by atoms with E-state index < -0.39 is 0 Å². The molecular formula is C20H25N3S. The van der Waals surface area contributed by atoms with Gasteiger partial charge in [0.05, 0.1) is 11.4 Å². The van der Waals surface area contributed by atoms with E-state index in [0.29, 0.717) is 0 Å². The lowest BCUT2D eigenvalue weighted by Crippen LogP contribution is -2.14. The van der Waals surface area contributed by atoms with Crippen LogP contribution in [0.15, 0.2) is 70.6 Å². The fraction of sp³-hybridized carbons (Fsp3) is 0.300. The van der Waals surface area contributed by atoms with Crippen LogP contribution in [0, 0.1) is 0 Å². The molecule has 1 heterocycles. The summed E-state index contributed by atoms with van der Waals surface area (Å²) in [6, 6.07) is 3.94. The van der Waals surface area contributed by atoms with Crippen LogP contribution in [0.3, 0.4) is 0 Å². The smallest absolute Gasteiger partial charge is 0.0848 e. The Balaban J connectivity index is 2.22. The van der Waals surface area contributed by atoms with Gasteiger partial charge in [0.25, 0.3) is 0 Å². The SMILES string of the molecule is C=C1CCCC(NC)=C1N=C(C)/C(=C/C)SC(=C)c1cccnc1. The summed E-state index contributed by atoms with van der Waals surface area (Å²) in [7, 11) is 1.95. The van der Waals surface area contributed by atoms with E-state index >= 15 is 0 Å². The standard InChI is InChI=1S/C20H25N3S/c1-6-19(24-16(4)17-10-8-12-22-13-17)15(3)23-20-14(2)9-7-11-18(20)21-5/h6,8,10,12-13,21H,2,4,7,9,11H2,1,3,5H3/b19-6-,23-15?. The van der Waals surface area contributed by atoms with E-state index in [1.54, 1.807) is 18.0 Å². The highest BCUT2D eigenvalue weighted by atomic mass is 32.2. The van der Waals surface area contributed by atoms with Gasteiger partial charge < -0.3 is 5.32 Å². The molecule has 0 saturated carbocycles. The predicted octanol–water partition coefficient (Wildman–Crippen LogP) is 5.32. The summed E-state index contributed by atoms with van der Waals surface area (Å²) >= 11 is 1.63. The molecule has 0 saturated heterocycles. The van der Waals surface area contributed by atoms with Gasteiger partial charge in [-0.1, -0.05) is 37.1 Å². The number of hydrogen-bond acceptors (Lipinski definition) is 4. The zero-order valence-corrected chi connectivity index (χ0v) is 15.5. The Labute approximate surface area is 149 Å². The molecule has 3 nitrogen and oxygen atoms in total. The lowest BCUT2D eigenvalue weighted by molar-refractivity contribution is 0.710. The fourth-order valence-corrected chi connectivity index (χ4v) is 3.42. The van der Waals surface area contributed by atoms with Gasteiger partial charge in [-0.25, -0.2) is 0 Å². The number of nitrogens with zero attached hydrogens (tertiary/aromatic N) is 2. The van der Waals surface area contributed by atoms with Crippen molar-refractivity contribution in [1.29, 1.82) is 0 Å². The molecular weight excluding hydrogens is 314 g/mol. The number of nitrogens with one attached hydrogen (secondary N) is 1. The van der Waals surface area contributed by atoms with E-state index in [4.69, 9.17) is 4.99 Å². The van der Waals surface area contributed by atoms with Gasteiger partial charge in [-0.3, -0.25) is 9.98 Å². The van der Waals surface area contributed by atoms with Crippen LogP contribution in [-0.2, 0) is 0 Å². The quantitative estimate of drug-likeness (QED) is 0.713. The number of hydrogen-bond donors (Lipinski definition) is 1. The molecule has 1 aliphatic carbocycles. The lowest BCUT2D eigenvalue weighted by Gasteiger charge is -2.20. The van der Waals surface area contributed by atoms with E-state index in [-0.39, 0.29) is 0 Å². The van der Waals surface area contributed by atoms with Crippen molar-refractivity contribution >= 4 is 22.4 Å². The number of thioether (sulfide) groups is 1. The van der Waals surface area contributed by atoms with Gasteiger partial charge in [-0.05, 0) is 44.7 Å². The first-order chi connectivity index (χ1) is 11.6.